The average Bonchev–Trinajstić information content (AvgIpc) is 2.99. The van der Waals surface area contributed by atoms with E-state index in [1.165, 1.54) is 5.69 Å². The van der Waals surface area contributed by atoms with Gasteiger partial charge in [-0.15, -0.1) is 0 Å². The maximum atomic E-state index is 6.48. The first-order valence-corrected chi connectivity index (χ1v) is 8.79. The van der Waals surface area contributed by atoms with Crippen LogP contribution in [0.5, 0.6) is 0 Å². The molecule has 0 aliphatic heterocycles. The Kier molecular flexibility index (Phi) is 5.89. The number of halogens is 1. The highest BCUT2D eigenvalue weighted by atomic mass is 35.5. The molecule has 0 radical (unpaired) electrons. The Morgan fingerprint density at radius 3 is 2.33 bits per heavy atom. The second kappa shape index (κ2) is 7.71. The third kappa shape index (κ3) is 3.73. The van der Waals surface area contributed by atoms with Gasteiger partial charge in [0.1, 0.15) is 5.82 Å². The number of fused-ring (bicyclic) bond motifs is 1. The number of pyridine rings is 1. The predicted molar refractivity (Wildman–Crippen MR) is 106 cm³/mol. The Labute approximate surface area is 149 Å². The first kappa shape index (κ1) is 18.3. The summed E-state index contributed by atoms with van der Waals surface area (Å²) in [5.41, 5.74) is 4.37. The minimum Gasteiger partial charge on any atom is -0.363 e. The molecule has 0 fully saturated rings. The summed E-state index contributed by atoms with van der Waals surface area (Å²) in [6, 6.07) is 10.4. The van der Waals surface area contributed by atoms with Crippen molar-refractivity contribution in [2.75, 3.05) is 19.0 Å². The second-order valence-corrected chi connectivity index (χ2v) is 6.51. The number of rotatable bonds is 3. The van der Waals surface area contributed by atoms with E-state index in [0.717, 1.165) is 32.9 Å². The highest BCUT2D eigenvalue weighted by molar-refractivity contribution is 6.34. The molecule has 3 rings (SSSR count). The highest BCUT2D eigenvalue weighted by Crippen LogP contribution is 2.33. The van der Waals surface area contributed by atoms with Crippen molar-refractivity contribution in [1.29, 1.82) is 0 Å². The molecule has 0 saturated carbocycles. The zero-order valence-corrected chi connectivity index (χ0v) is 16.1. The molecule has 128 valence electrons. The molecule has 1 aromatic carbocycles. The Morgan fingerprint density at radius 1 is 1.08 bits per heavy atom. The molecule has 3 nitrogen and oxygen atoms in total. The van der Waals surface area contributed by atoms with E-state index in [1.54, 1.807) is 0 Å². The zero-order chi connectivity index (χ0) is 17.9. The number of aromatic nitrogens is 2. The molecule has 2 heterocycles. The molecule has 0 aliphatic carbocycles. The fraction of sp³-hybridized carbons (Fsp3) is 0.350. The number of benzene rings is 1. The van der Waals surface area contributed by atoms with Gasteiger partial charge in [-0.25, -0.2) is 4.98 Å². The number of nitrogens with one attached hydrogen (secondary N) is 1. The summed E-state index contributed by atoms with van der Waals surface area (Å²) < 4.78 is 0. The highest BCUT2D eigenvalue weighted by Gasteiger charge is 2.10. The van der Waals surface area contributed by atoms with Crippen molar-refractivity contribution in [3.05, 3.63) is 47.2 Å². The van der Waals surface area contributed by atoms with Crippen molar-refractivity contribution in [3.8, 4) is 11.1 Å². The predicted octanol–water partition coefficient (Wildman–Crippen LogP) is 6.10. The van der Waals surface area contributed by atoms with Gasteiger partial charge in [0, 0.05) is 53.0 Å². The smallest absolute Gasteiger partial charge is 0.127 e. The molecule has 4 heteroatoms. The van der Waals surface area contributed by atoms with Crippen molar-refractivity contribution in [2.24, 2.45) is 0 Å². The third-order valence-electron chi connectivity index (χ3n) is 3.87. The molecule has 0 aliphatic rings. The second-order valence-electron chi connectivity index (χ2n) is 6.10. The van der Waals surface area contributed by atoms with E-state index in [1.807, 2.05) is 51.2 Å². The minimum absolute atomic E-state index is 0.468. The molecule has 3 aromatic rings. The van der Waals surface area contributed by atoms with Crippen LogP contribution in [0.3, 0.4) is 0 Å². The van der Waals surface area contributed by atoms with Crippen LogP contribution in [-0.2, 0) is 0 Å². The summed E-state index contributed by atoms with van der Waals surface area (Å²) >= 11 is 6.48. The Balaban J connectivity index is 0.00000100. The summed E-state index contributed by atoms with van der Waals surface area (Å²) in [4.78, 5) is 9.92. The number of hydrogen-bond donors (Lipinski definition) is 1. The lowest BCUT2D eigenvalue weighted by Gasteiger charge is -2.12. The Hall–Kier alpha value is -2.00. The third-order valence-corrected chi connectivity index (χ3v) is 4.18. The van der Waals surface area contributed by atoms with E-state index in [9.17, 15) is 0 Å². The molecule has 1 N–H and O–H groups in total. The van der Waals surface area contributed by atoms with Gasteiger partial charge in [-0.2, -0.15) is 0 Å². The number of anilines is 1. The fourth-order valence-corrected chi connectivity index (χ4v) is 2.80. The van der Waals surface area contributed by atoms with Crippen molar-refractivity contribution < 1.29 is 0 Å². The normalized spacial score (nSPS) is 10.7. The van der Waals surface area contributed by atoms with Gasteiger partial charge >= 0.3 is 0 Å². The number of H-pyrrole nitrogens is 1. The fourth-order valence-electron chi connectivity index (χ4n) is 2.52. The Morgan fingerprint density at radius 2 is 1.79 bits per heavy atom. The molecule has 0 amide bonds. The molecule has 2 aromatic heterocycles. The van der Waals surface area contributed by atoms with Gasteiger partial charge in [0.15, 0.2) is 0 Å². The van der Waals surface area contributed by atoms with Crippen molar-refractivity contribution in [1.82, 2.24) is 9.97 Å². The van der Waals surface area contributed by atoms with Crippen LogP contribution in [0.15, 0.2) is 36.5 Å². The van der Waals surface area contributed by atoms with Crippen molar-refractivity contribution in [2.45, 2.75) is 33.6 Å². The first-order valence-electron chi connectivity index (χ1n) is 8.41. The van der Waals surface area contributed by atoms with Gasteiger partial charge in [-0.05, 0) is 36.2 Å². The maximum absolute atomic E-state index is 6.48. The molecule has 0 atom stereocenters. The van der Waals surface area contributed by atoms with Gasteiger partial charge < -0.3 is 9.88 Å². The summed E-state index contributed by atoms with van der Waals surface area (Å²) in [5, 5.41) is 1.90. The van der Waals surface area contributed by atoms with Gasteiger partial charge in [0.05, 0.1) is 0 Å². The van der Waals surface area contributed by atoms with Gasteiger partial charge in [-0.1, -0.05) is 39.3 Å². The first-order chi connectivity index (χ1) is 11.5. The largest absolute Gasteiger partial charge is 0.363 e. The summed E-state index contributed by atoms with van der Waals surface area (Å²) in [6.07, 6.45) is 1.87. The van der Waals surface area contributed by atoms with Crippen LogP contribution in [0.4, 0.5) is 5.82 Å². The number of nitrogens with zero attached hydrogens (tertiary/aromatic N) is 2. The van der Waals surface area contributed by atoms with E-state index in [0.29, 0.717) is 5.92 Å². The zero-order valence-electron chi connectivity index (χ0n) is 15.3. The summed E-state index contributed by atoms with van der Waals surface area (Å²) in [5.74, 6) is 1.40. The lowest BCUT2D eigenvalue weighted by atomic mass is 10.1. The lowest BCUT2D eigenvalue weighted by molar-refractivity contribution is 0.836. The van der Waals surface area contributed by atoms with Crippen LogP contribution in [0, 0.1) is 0 Å². The topological polar surface area (TPSA) is 31.9 Å². The van der Waals surface area contributed by atoms with Crippen LogP contribution >= 0.6 is 11.6 Å². The molecular weight excluding hydrogens is 318 g/mol. The van der Waals surface area contributed by atoms with Gasteiger partial charge in [0.25, 0.3) is 0 Å². The van der Waals surface area contributed by atoms with E-state index in [-0.39, 0.29) is 0 Å². The standard InChI is InChI=1S/C18H20ClN3.C2H6/c1-11(2)16-8-13-7-15(19)14(9-17(13)21-16)12-5-6-18(20-10-12)22(3)4;1-2/h5-11,21H,1-4H3;1-2H3. The molecule has 24 heavy (non-hydrogen) atoms. The maximum Gasteiger partial charge on any atom is 0.127 e. The van der Waals surface area contributed by atoms with Crippen LogP contribution in [0.25, 0.3) is 22.0 Å². The van der Waals surface area contributed by atoms with Crippen molar-refractivity contribution in [3.63, 3.8) is 0 Å². The van der Waals surface area contributed by atoms with E-state index in [4.69, 9.17) is 11.6 Å². The van der Waals surface area contributed by atoms with Crippen LogP contribution < -0.4 is 4.90 Å². The van der Waals surface area contributed by atoms with E-state index < -0.39 is 0 Å². The molecule has 0 saturated heterocycles. The monoisotopic (exact) mass is 343 g/mol. The molecular formula is C20H26ClN3. The van der Waals surface area contributed by atoms with Gasteiger partial charge in [-0.3, -0.25) is 0 Å². The molecule has 0 spiro atoms. The lowest BCUT2D eigenvalue weighted by Crippen LogP contribution is -2.09. The number of aromatic amines is 1. The SMILES string of the molecule is CC.CC(C)c1cc2cc(Cl)c(-c3ccc(N(C)C)nc3)cc2[nH]1. The van der Waals surface area contributed by atoms with Crippen LogP contribution in [0.2, 0.25) is 5.02 Å². The average molecular weight is 344 g/mol. The van der Waals surface area contributed by atoms with Gasteiger partial charge in [0.2, 0.25) is 0 Å². The number of hydrogen-bond acceptors (Lipinski definition) is 2. The van der Waals surface area contributed by atoms with Crippen molar-refractivity contribution >= 4 is 28.3 Å². The summed E-state index contributed by atoms with van der Waals surface area (Å²) in [7, 11) is 3.96. The molecule has 0 bridgehead atoms. The summed E-state index contributed by atoms with van der Waals surface area (Å²) in [6.45, 7) is 8.36. The van der Waals surface area contributed by atoms with Crippen LogP contribution in [-0.4, -0.2) is 24.1 Å². The minimum atomic E-state index is 0.468. The quantitative estimate of drug-likeness (QED) is 0.623. The molecule has 0 unspecified atom stereocenters. The van der Waals surface area contributed by atoms with Crippen LogP contribution in [0.1, 0.15) is 39.3 Å². The van der Waals surface area contributed by atoms with E-state index in [2.05, 4.69) is 42.0 Å². The Bertz CT molecular complexity index is 802. The van der Waals surface area contributed by atoms with E-state index >= 15 is 0 Å².